The number of Topliss-reactive ketones (excluding diaryl/α,β-unsaturated/α-hetero) is 1. The molecular formula is C8H15NO. The molecule has 1 atom stereocenters. The first-order chi connectivity index (χ1) is 4.68. The molecule has 0 aromatic heterocycles. The van der Waals surface area contributed by atoms with E-state index in [1.807, 2.05) is 0 Å². The van der Waals surface area contributed by atoms with E-state index in [0.717, 1.165) is 19.0 Å². The van der Waals surface area contributed by atoms with Crippen LogP contribution in [0.15, 0.2) is 0 Å². The van der Waals surface area contributed by atoms with Crippen LogP contribution in [0.2, 0.25) is 0 Å². The molecule has 10 heavy (non-hydrogen) atoms. The van der Waals surface area contributed by atoms with Crippen molar-refractivity contribution < 1.29 is 4.79 Å². The lowest BCUT2D eigenvalue weighted by atomic mass is 10.2. The van der Waals surface area contributed by atoms with Gasteiger partial charge in [0.25, 0.3) is 0 Å². The minimum atomic E-state index is 0.286. The number of hydrogen-bond donors (Lipinski definition) is 0. The van der Waals surface area contributed by atoms with Gasteiger partial charge < -0.3 is 0 Å². The van der Waals surface area contributed by atoms with Crippen LogP contribution in [0.5, 0.6) is 0 Å². The van der Waals surface area contributed by atoms with E-state index in [1.165, 1.54) is 6.42 Å². The molecule has 1 rings (SSSR count). The average molecular weight is 141 g/mol. The standard InChI is InChI=1S/C8H15NO/c1-7-3-4-9(5-7)6-8(2)10/h7H,3-6H2,1-2H3/t7-/m0/s1. The smallest absolute Gasteiger partial charge is 0.143 e. The first-order valence-electron chi connectivity index (χ1n) is 3.90. The van der Waals surface area contributed by atoms with E-state index in [0.29, 0.717) is 6.54 Å². The molecule has 1 fully saturated rings. The second-order valence-electron chi connectivity index (χ2n) is 3.33. The van der Waals surface area contributed by atoms with E-state index < -0.39 is 0 Å². The Balaban J connectivity index is 2.24. The summed E-state index contributed by atoms with van der Waals surface area (Å²) in [6.07, 6.45) is 1.26. The molecule has 1 heterocycles. The molecule has 0 radical (unpaired) electrons. The highest BCUT2D eigenvalue weighted by molar-refractivity contribution is 5.77. The van der Waals surface area contributed by atoms with Crippen molar-refractivity contribution in [3.05, 3.63) is 0 Å². The monoisotopic (exact) mass is 141 g/mol. The molecule has 0 saturated carbocycles. The average Bonchev–Trinajstić information content (AvgIpc) is 2.13. The number of hydrogen-bond acceptors (Lipinski definition) is 2. The van der Waals surface area contributed by atoms with Gasteiger partial charge in [-0.25, -0.2) is 0 Å². The zero-order chi connectivity index (χ0) is 7.56. The Morgan fingerprint density at radius 1 is 1.70 bits per heavy atom. The van der Waals surface area contributed by atoms with Gasteiger partial charge in [-0.2, -0.15) is 0 Å². The Morgan fingerprint density at radius 2 is 2.40 bits per heavy atom. The van der Waals surface area contributed by atoms with E-state index in [9.17, 15) is 4.79 Å². The Hall–Kier alpha value is -0.370. The van der Waals surface area contributed by atoms with E-state index >= 15 is 0 Å². The van der Waals surface area contributed by atoms with Gasteiger partial charge in [-0.3, -0.25) is 9.69 Å². The third kappa shape index (κ3) is 2.10. The van der Waals surface area contributed by atoms with E-state index in [4.69, 9.17) is 0 Å². The minimum Gasteiger partial charge on any atom is -0.299 e. The van der Waals surface area contributed by atoms with Gasteiger partial charge in [-0.15, -0.1) is 0 Å². The summed E-state index contributed by atoms with van der Waals surface area (Å²) in [4.78, 5) is 12.9. The van der Waals surface area contributed by atoms with Crippen molar-refractivity contribution in [1.29, 1.82) is 0 Å². The topological polar surface area (TPSA) is 20.3 Å². The summed E-state index contributed by atoms with van der Waals surface area (Å²) in [7, 11) is 0. The van der Waals surface area contributed by atoms with Gasteiger partial charge >= 0.3 is 0 Å². The molecule has 1 aliphatic rings. The SMILES string of the molecule is CC(=O)CN1CC[C@H](C)C1. The maximum Gasteiger partial charge on any atom is 0.143 e. The number of ketones is 1. The summed E-state index contributed by atoms with van der Waals surface area (Å²) >= 11 is 0. The third-order valence-electron chi connectivity index (χ3n) is 1.95. The highest BCUT2D eigenvalue weighted by Gasteiger charge is 2.18. The van der Waals surface area contributed by atoms with Gasteiger partial charge in [0.15, 0.2) is 0 Å². The molecule has 0 N–H and O–H groups in total. The summed E-state index contributed by atoms with van der Waals surface area (Å²) < 4.78 is 0. The highest BCUT2D eigenvalue weighted by Crippen LogP contribution is 2.13. The normalized spacial score (nSPS) is 27.2. The Kier molecular flexibility index (Phi) is 2.44. The fraction of sp³-hybridized carbons (Fsp3) is 0.875. The van der Waals surface area contributed by atoms with Crippen molar-refractivity contribution in [1.82, 2.24) is 4.90 Å². The number of likely N-dealkylation sites (tertiary alicyclic amines) is 1. The first-order valence-corrected chi connectivity index (χ1v) is 3.90. The molecule has 2 nitrogen and oxygen atoms in total. The van der Waals surface area contributed by atoms with Crippen molar-refractivity contribution in [2.75, 3.05) is 19.6 Å². The summed E-state index contributed by atoms with van der Waals surface area (Å²) in [6, 6.07) is 0. The maximum atomic E-state index is 10.7. The molecule has 2 heteroatoms. The molecule has 0 aromatic rings. The lowest BCUT2D eigenvalue weighted by Gasteiger charge is -2.11. The van der Waals surface area contributed by atoms with Crippen LogP contribution in [0.25, 0.3) is 0 Å². The predicted octanol–water partition coefficient (Wildman–Crippen LogP) is 0.917. The van der Waals surface area contributed by atoms with Crippen molar-refractivity contribution >= 4 is 5.78 Å². The van der Waals surface area contributed by atoms with E-state index in [-0.39, 0.29) is 5.78 Å². The second-order valence-corrected chi connectivity index (χ2v) is 3.33. The number of nitrogens with zero attached hydrogens (tertiary/aromatic N) is 1. The molecular weight excluding hydrogens is 126 g/mol. The Bertz CT molecular complexity index is 133. The Morgan fingerprint density at radius 3 is 2.80 bits per heavy atom. The first kappa shape index (κ1) is 7.73. The van der Waals surface area contributed by atoms with Crippen LogP contribution >= 0.6 is 0 Å². The van der Waals surface area contributed by atoms with Gasteiger partial charge in [0.1, 0.15) is 5.78 Å². The van der Waals surface area contributed by atoms with Crippen LogP contribution < -0.4 is 0 Å². The largest absolute Gasteiger partial charge is 0.299 e. The van der Waals surface area contributed by atoms with Crippen molar-refractivity contribution in [2.24, 2.45) is 5.92 Å². The summed E-state index contributed by atoms with van der Waals surface area (Å²) in [5.74, 6) is 1.08. The third-order valence-corrected chi connectivity index (χ3v) is 1.95. The summed E-state index contributed by atoms with van der Waals surface area (Å²) in [6.45, 7) is 6.77. The molecule has 0 bridgehead atoms. The van der Waals surface area contributed by atoms with E-state index in [1.54, 1.807) is 6.92 Å². The van der Waals surface area contributed by atoms with Crippen LogP contribution in [0.4, 0.5) is 0 Å². The van der Waals surface area contributed by atoms with Crippen LogP contribution in [0.1, 0.15) is 20.3 Å². The fourth-order valence-electron chi connectivity index (χ4n) is 1.48. The molecule has 1 aliphatic heterocycles. The van der Waals surface area contributed by atoms with Crippen LogP contribution in [-0.4, -0.2) is 30.3 Å². The van der Waals surface area contributed by atoms with Crippen molar-refractivity contribution in [3.63, 3.8) is 0 Å². The molecule has 0 amide bonds. The van der Waals surface area contributed by atoms with Crippen LogP contribution in [-0.2, 0) is 4.79 Å². The fourth-order valence-corrected chi connectivity index (χ4v) is 1.48. The predicted molar refractivity (Wildman–Crippen MR) is 40.9 cm³/mol. The number of rotatable bonds is 2. The molecule has 58 valence electrons. The number of carbonyl (C=O) groups excluding carboxylic acids is 1. The van der Waals surface area contributed by atoms with Crippen molar-refractivity contribution in [3.8, 4) is 0 Å². The zero-order valence-corrected chi connectivity index (χ0v) is 6.76. The lowest BCUT2D eigenvalue weighted by Crippen LogP contribution is -2.25. The van der Waals surface area contributed by atoms with Gasteiger partial charge in [-0.05, 0) is 25.8 Å². The molecule has 0 aliphatic carbocycles. The van der Waals surface area contributed by atoms with Gasteiger partial charge in [0.05, 0.1) is 6.54 Å². The van der Waals surface area contributed by atoms with Gasteiger partial charge in [0, 0.05) is 6.54 Å². The van der Waals surface area contributed by atoms with Crippen LogP contribution in [0, 0.1) is 5.92 Å². The molecule has 0 unspecified atom stereocenters. The van der Waals surface area contributed by atoms with Crippen LogP contribution in [0.3, 0.4) is 0 Å². The summed E-state index contributed by atoms with van der Waals surface area (Å²) in [5, 5.41) is 0. The van der Waals surface area contributed by atoms with Gasteiger partial charge in [0.2, 0.25) is 0 Å². The summed E-state index contributed by atoms with van der Waals surface area (Å²) in [5.41, 5.74) is 0. The highest BCUT2D eigenvalue weighted by atomic mass is 16.1. The molecule has 0 spiro atoms. The lowest BCUT2D eigenvalue weighted by molar-refractivity contribution is -0.117. The van der Waals surface area contributed by atoms with Gasteiger partial charge in [-0.1, -0.05) is 6.92 Å². The molecule has 0 aromatic carbocycles. The maximum absolute atomic E-state index is 10.7. The second kappa shape index (κ2) is 3.15. The van der Waals surface area contributed by atoms with E-state index in [2.05, 4.69) is 11.8 Å². The quantitative estimate of drug-likeness (QED) is 0.570. The Labute approximate surface area is 62.2 Å². The minimum absolute atomic E-state index is 0.286. The zero-order valence-electron chi connectivity index (χ0n) is 6.76. The van der Waals surface area contributed by atoms with Crippen molar-refractivity contribution in [2.45, 2.75) is 20.3 Å². The molecule has 1 saturated heterocycles. The number of carbonyl (C=O) groups is 1.